The van der Waals surface area contributed by atoms with Crippen LogP contribution in [0.4, 0.5) is 11.4 Å². The third-order valence-electron chi connectivity index (χ3n) is 4.00. The molecule has 0 radical (unpaired) electrons. The number of hydrogen-bond acceptors (Lipinski definition) is 4. The summed E-state index contributed by atoms with van der Waals surface area (Å²) >= 11 is 6.11. The molecule has 0 bridgehead atoms. The summed E-state index contributed by atoms with van der Waals surface area (Å²) in [6.07, 6.45) is 0. The number of sulfonamides is 1. The van der Waals surface area contributed by atoms with Crippen molar-refractivity contribution in [2.24, 2.45) is 0 Å². The average molecular weight is 397 g/mol. The van der Waals surface area contributed by atoms with Gasteiger partial charge in [-0.1, -0.05) is 11.6 Å². The highest BCUT2D eigenvalue weighted by Gasteiger charge is 2.23. The zero-order chi connectivity index (χ0) is 19.6. The largest absolute Gasteiger partial charge is 0.496 e. The van der Waals surface area contributed by atoms with Gasteiger partial charge in [0.1, 0.15) is 5.75 Å². The van der Waals surface area contributed by atoms with Crippen LogP contribution in [-0.4, -0.2) is 21.4 Å². The summed E-state index contributed by atoms with van der Waals surface area (Å²) in [7, 11) is -2.28. The smallest absolute Gasteiger partial charge is 0.262 e. The highest BCUT2D eigenvalue weighted by molar-refractivity contribution is 7.92. The summed E-state index contributed by atoms with van der Waals surface area (Å²) in [5.74, 6) is 0.377. The van der Waals surface area contributed by atoms with Gasteiger partial charge in [0.2, 0.25) is 5.91 Å². The first-order valence-electron chi connectivity index (χ1n) is 7.81. The number of aryl methyl sites for hydroxylation is 1. The van der Waals surface area contributed by atoms with Gasteiger partial charge in [0.05, 0.1) is 28.4 Å². The summed E-state index contributed by atoms with van der Waals surface area (Å²) < 4.78 is 33.6. The molecular formula is C18H21ClN2O4S. The minimum atomic E-state index is -3.83. The normalized spacial score (nSPS) is 11.2. The lowest BCUT2D eigenvalue weighted by Gasteiger charge is -2.17. The topological polar surface area (TPSA) is 84.5 Å². The summed E-state index contributed by atoms with van der Waals surface area (Å²) in [5, 5.41) is 2.81. The van der Waals surface area contributed by atoms with Crippen molar-refractivity contribution < 1.29 is 17.9 Å². The van der Waals surface area contributed by atoms with Crippen LogP contribution < -0.4 is 14.8 Å². The molecule has 2 aromatic carbocycles. The second-order valence-corrected chi connectivity index (χ2v) is 7.98. The van der Waals surface area contributed by atoms with Gasteiger partial charge in [-0.2, -0.15) is 0 Å². The maximum atomic E-state index is 12.9. The molecule has 2 N–H and O–H groups in total. The first-order chi connectivity index (χ1) is 12.1. The number of methoxy groups -OCH3 is 1. The Morgan fingerprint density at radius 1 is 1.12 bits per heavy atom. The van der Waals surface area contributed by atoms with E-state index in [1.165, 1.54) is 19.1 Å². The van der Waals surface area contributed by atoms with Crippen molar-refractivity contribution in [3.05, 3.63) is 46.0 Å². The van der Waals surface area contributed by atoms with Crippen LogP contribution in [0, 0.1) is 20.8 Å². The Morgan fingerprint density at radius 2 is 1.77 bits per heavy atom. The summed E-state index contributed by atoms with van der Waals surface area (Å²) in [6.45, 7) is 6.64. The Kier molecular flexibility index (Phi) is 5.83. The van der Waals surface area contributed by atoms with E-state index in [1.807, 2.05) is 6.92 Å². The summed E-state index contributed by atoms with van der Waals surface area (Å²) in [5.41, 5.74) is 2.68. The van der Waals surface area contributed by atoms with Crippen molar-refractivity contribution in [1.82, 2.24) is 0 Å². The second kappa shape index (κ2) is 7.55. The number of amides is 1. The van der Waals surface area contributed by atoms with Gasteiger partial charge in [-0.05, 0) is 61.7 Å². The van der Waals surface area contributed by atoms with E-state index in [1.54, 1.807) is 33.1 Å². The second-order valence-electron chi connectivity index (χ2n) is 5.96. The molecule has 1 amide bonds. The number of rotatable bonds is 5. The molecule has 0 fully saturated rings. The van der Waals surface area contributed by atoms with Gasteiger partial charge >= 0.3 is 0 Å². The van der Waals surface area contributed by atoms with E-state index in [2.05, 4.69) is 10.0 Å². The molecule has 0 aliphatic heterocycles. The quantitative estimate of drug-likeness (QED) is 0.798. The number of carbonyl (C=O) groups is 1. The molecule has 2 aromatic rings. The molecule has 0 unspecified atom stereocenters. The third-order valence-corrected chi connectivity index (χ3v) is 5.98. The van der Waals surface area contributed by atoms with E-state index < -0.39 is 10.0 Å². The monoisotopic (exact) mass is 396 g/mol. The summed E-state index contributed by atoms with van der Waals surface area (Å²) in [4.78, 5) is 11.3. The number of nitrogens with one attached hydrogen (secondary N) is 2. The number of hydrogen-bond donors (Lipinski definition) is 2. The zero-order valence-corrected chi connectivity index (χ0v) is 16.8. The van der Waals surface area contributed by atoms with Gasteiger partial charge in [0, 0.05) is 6.92 Å². The maximum Gasteiger partial charge on any atom is 0.262 e. The Hall–Kier alpha value is -2.25. The lowest BCUT2D eigenvalue weighted by Crippen LogP contribution is -2.17. The fourth-order valence-corrected chi connectivity index (χ4v) is 4.53. The molecule has 0 atom stereocenters. The molecule has 0 aromatic heterocycles. The minimum absolute atomic E-state index is 0.206. The molecular weight excluding hydrogens is 376 g/mol. The van der Waals surface area contributed by atoms with Crippen LogP contribution in [0.3, 0.4) is 0 Å². The Labute approximate surface area is 158 Å². The number of ether oxygens (including phenoxy) is 1. The highest BCUT2D eigenvalue weighted by Crippen LogP contribution is 2.32. The van der Waals surface area contributed by atoms with Crippen LogP contribution in [0.25, 0.3) is 0 Å². The zero-order valence-electron chi connectivity index (χ0n) is 15.2. The van der Waals surface area contributed by atoms with E-state index in [0.717, 1.165) is 5.56 Å². The summed E-state index contributed by atoms with van der Waals surface area (Å²) in [6, 6.07) is 6.23. The number of benzene rings is 2. The molecule has 26 heavy (non-hydrogen) atoms. The van der Waals surface area contributed by atoms with E-state index >= 15 is 0 Å². The molecule has 0 saturated heterocycles. The molecule has 8 heteroatoms. The molecule has 0 aliphatic rings. The van der Waals surface area contributed by atoms with Gasteiger partial charge in [-0.25, -0.2) is 8.42 Å². The van der Waals surface area contributed by atoms with E-state index in [-0.39, 0.29) is 15.8 Å². The van der Waals surface area contributed by atoms with E-state index in [0.29, 0.717) is 28.3 Å². The van der Waals surface area contributed by atoms with Gasteiger partial charge < -0.3 is 10.1 Å². The lowest BCUT2D eigenvalue weighted by atomic mass is 10.1. The molecule has 6 nitrogen and oxygen atoms in total. The SMILES string of the molecule is COc1cc(C)c(S(=O)(=O)Nc2ccc(NC(C)=O)c(Cl)c2)c(C)c1C. The molecule has 0 spiro atoms. The van der Waals surface area contributed by atoms with Crippen LogP contribution in [0.5, 0.6) is 5.75 Å². The molecule has 2 rings (SSSR count). The van der Waals surface area contributed by atoms with Gasteiger partial charge in [-0.15, -0.1) is 0 Å². The third kappa shape index (κ3) is 4.11. The fourth-order valence-electron chi connectivity index (χ4n) is 2.72. The predicted octanol–water partition coefficient (Wildman–Crippen LogP) is 4.03. The molecule has 0 saturated carbocycles. The maximum absolute atomic E-state index is 12.9. The first kappa shape index (κ1) is 20.1. The first-order valence-corrected chi connectivity index (χ1v) is 9.67. The molecule has 140 valence electrons. The van der Waals surface area contributed by atoms with Crippen molar-refractivity contribution in [3.63, 3.8) is 0 Å². The van der Waals surface area contributed by atoms with Crippen LogP contribution in [0.2, 0.25) is 5.02 Å². The van der Waals surface area contributed by atoms with Crippen molar-refractivity contribution in [3.8, 4) is 5.75 Å². The van der Waals surface area contributed by atoms with Crippen LogP contribution in [-0.2, 0) is 14.8 Å². The highest BCUT2D eigenvalue weighted by atomic mass is 35.5. The van der Waals surface area contributed by atoms with Crippen molar-refractivity contribution in [2.45, 2.75) is 32.6 Å². The van der Waals surface area contributed by atoms with Crippen molar-refractivity contribution in [1.29, 1.82) is 0 Å². The van der Waals surface area contributed by atoms with E-state index in [9.17, 15) is 13.2 Å². The van der Waals surface area contributed by atoms with Gasteiger partial charge in [0.25, 0.3) is 10.0 Å². The Morgan fingerprint density at radius 3 is 2.31 bits per heavy atom. The van der Waals surface area contributed by atoms with Crippen molar-refractivity contribution >= 4 is 38.9 Å². The number of anilines is 2. The van der Waals surface area contributed by atoms with Gasteiger partial charge in [-0.3, -0.25) is 9.52 Å². The lowest BCUT2D eigenvalue weighted by molar-refractivity contribution is -0.114. The van der Waals surface area contributed by atoms with E-state index in [4.69, 9.17) is 16.3 Å². The molecule has 0 heterocycles. The standard InChI is InChI=1S/C18H21ClN2O4S/c1-10-8-17(25-5)11(2)12(3)18(10)26(23,24)21-14-6-7-16(15(19)9-14)20-13(4)22/h6-9,21H,1-5H3,(H,20,22). The van der Waals surface area contributed by atoms with Crippen molar-refractivity contribution in [2.75, 3.05) is 17.1 Å². The Bertz CT molecular complexity index is 972. The fraction of sp³-hybridized carbons (Fsp3) is 0.278. The predicted molar refractivity (Wildman–Crippen MR) is 104 cm³/mol. The minimum Gasteiger partial charge on any atom is -0.496 e. The van der Waals surface area contributed by atoms with Crippen LogP contribution in [0.15, 0.2) is 29.2 Å². The average Bonchev–Trinajstić information content (AvgIpc) is 2.52. The number of halogens is 1. The van der Waals surface area contributed by atoms with Gasteiger partial charge in [0.15, 0.2) is 0 Å². The Balaban J connectivity index is 2.43. The molecule has 0 aliphatic carbocycles. The number of carbonyl (C=O) groups excluding carboxylic acids is 1. The van der Waals surface area contributed by atoms with Crippen LogP contribution >= 0.6 is 11.6 Å². The van der Waals surface area contributed by atoms with Crippen LogP contribution in [0.1, 0.15) is 23.6 Å².